The minimum Gasteiger partial charge on any atom is -0.320 e. The van der Waals surface area contributed by atoms with Crippen molar-refractivity contribution in [2.75, 3.05) is 5.32 Å². The molecule has 6 heteroatoms. The first-order valence-corrected chi connectivity index (χ1v) is 7.45. The number of hydrogen-bond acceptors (Lipinski definition) is 3. The number of nitrogens with zero attached hydrogens (tertiary/aromatic N) is 1. The summed E-state index contributed by atoms with van der Waals surface area (Å²) >= 11 is 9.63. The lowest BCUT2D eigenvalue weighted by Crippen LogP contribution is -2.11. The molecule has 1 amide bonds. The zero-order chi connectivity index (χ0) is 13.3. The molecule has 0 aliphatic rings. The summed E-state index contributed by atoms with van der Waals surface area (Å²) in [5.74, 6) is -0.166. The van der Waals surface area contributed by atoms with Crippen molar-refractivity contribution >= 4 is 57.1 Å². The Hall–Kier alpha value is -0.660. The average Bonchev–Trinajstić information content (AvgIpc) is 2.62. The SMILES string of the molecule is Cc1nc(C)c(C(=O)Nc2ccc(I)cc2Cl)s1. The first-order chi connectivity index (χ1) is 8.47. The average molecular weight is 393 g/mol. The van der Waals surface area contributed by atoms with Crippen molar-refractivity contribution < 1.29 is 4.79 Å². The highest BCUT2D eigenvalue weighted by atomic mass is 127. The number of anilines is 1. The number of aryl methyl sites for hydroxylation is 2. The van der Waals surface area contributed by atoms with Crippen molar-refractivity contribution in [1.82, 2.24) is 4.98 Å². The van der Waals surface area contributed by atoms with Crippen LogP contribution in [0.15, 0.2) is 18.2 Å². The topological polar surface area (TPSA) is 42.0 Å². The number of amides is 1. The van der Waals surface area contributed by atoms with E-state index in [0.717, 1.165) is 14.3 Å². The van der Waals surface area contributed by atoms with Crippen LogP contribution in [0.3, 0.4) is 0 Å². The largest absolute Gasteiger partial charge is 0.320 e. The van der Waals surface area contributed by atoms with Gasteiger partial charge in [0.05, 0.1) is 21.4 Å². The molecular weight excluding hydrogens is 383 g/mol. The van der Waals surface area contributed by atoms with Gasteiger partial charge in [-0.05, 0) is 54.6 Å². The normalized spacial score (nSPS) is 10.4. The fourth-order valence-corrected chi connectivity index (χ4v) is 3.23. The Kier molecular flexibility index (Phi) is 4.24. The van der Waals surface area contributed by atoms with Gasteiger partial charge in [0.1, 0.15) is 4.88 Å². The van der Waals surface area contributed by atoms with E-state index < -0.39 is 0 Å². The van der Waals surface area contributed by atoms with E-state index in [2.05, 4.69) is 32.9 Å². The lowest BCUT2D eigenvalue weighted by Gasteiger charge is -2.06. The van der Waals surface area contributed by atoms with Crippen LogP contribution in [-0.2, 0) is 0 Å². The molecule has 0 unspecified atom stereocenters. The number of halogens is 2. The molecule has 94 valence electrons. The third-order valence-electron chi connectivity index (χ3n) is 2.29. The molecule has 1 N–H and O–H groups in total. The third-order valence-corrected chi connectivity index (χ3v) is 4.34. The summed E-state index contributed by atoms with van der Waals surface area (Å²) in [6, 6.07) is 5.50. The summed E-state index contributed by atoms with van der Waals surface area (Å²) in [5, 5.41) is 4.22. The molecule has 2 aromatic rings. The highest BCUT2D eigenvalue weighted by molar-refractivity contribution is 14.1. The molecule has 0 aliphatic carbocycles. The Bertz CT molecular complexity index is 612. The molecule has 0 bridgehead atoms. The molecule has 0 spiro atoms. The van der Waals surface area contributed by atoms with Crippen LogP contribution in [0, 0.1) is 17.4 Å². The van der Waals surface area contributed by atoms with Crippen molar-refractivity contribution in [2.45, 2.75) is 13.8 Å². The number of nitrogens with one attached hydrogen (secondary N) is 1. The first kappa shape index (κ1) is 13.8. The van der Waals surface area contributed by atoms with Crippen LogP contribution >= 0.6 is 45.5 Å². The fourth-order valence-electron chi connectivity index (χ4n) is 1.51. The highest BCUT2D eigenvalue weighted by Gasteiger charge is 2.15. The standard InChI is InChI=1S/C12H10ClIN2OS/c1-6-11(18-7(2)15-6)12(17)16-10-4-3-8(14)5-9(10)13/h3-5H,1-2H3,(H,16,17). The van der Waals surface area contributed by atoms with Crippen molar-refractivity contribution in [2.24, 2.45) is 0 Å². The molecule has 0 atom stereocenters. The third kappa shape index (κ3) is 3.02. The molecular formula is C12H10ClIN2OS. The number of carbonyl (C=O) groups excluding carboxylic acids is 1. The molecule has 3 nitrogen and oxygen atoms in total. The molecule has 0 fully saturated rings. The number of benzene rings is 1. The Morgan fingerprint density at radius 2 is 2.17 bits per heavy atom. The minimum absolute atomic E-state index is 0.166. The molecule has 1 aromatic heterocycles. The van der Waals surface area contributed by atoms with Gasteiger partial charge in [-0.2, -0.15) is 0 Å². The maximum absolute atomic E-state index is 12.1. The molecule has 0 radical (unpaired) electrons. The summed E-state index contributed by atoms with van der Waals surface area (Å²) in [5.41, 5.74) is 1.36. The van der Waals surface area contributed by atoms with Crippen LogP contribution in [0.1, 0.15) is 20.4 Å². The molecule has 0 saturated carbocycles. The maximum atomic E-state index is 12.1. The van der Waals surface area contributed by atoms with E-state index in [-0.39, 0.29) is 5.91 Å². The van der Waals surface area contributed by atoms with Gasteiger partial charge in [-0.1, -0.05) is 11.6 Å². The number of thiazole rings is 1. The van der Waals surface area contributed by atoms with Crippen molar-refractivity contribution in [3.8, 4) is 0 Å². The summed E-state index contributed by atoms with van der Waals surface area (Å²) < 4.78 is 1.03. The molecule has 18 heavy (non-hydrogen) atoms. The number of hydrogen-bond donors (Lipinski definition) is 1. The number of aromatic nitrogens is 1. The van der Waals surface area contributed by atoms with Crippen LogP contribution < -0.4 is 5.32 Å². The van der Waals surface area contributed by atoms with Gasteiger partial charge in [-0.25, -0.2) is 4.98 Å². The van der Waals surface area contributed by atoms with Crippen molar-refractivity contribution in [3.63, 3.8) is 0 Å². The second-order valence-corrected chi connectivity index (χ2v) is 6.58. The Balaban J connectivity index is 2.24. The van der Waals surface area contributed by atoms with Gasteiger partial charge in [0.15, 0.2) is 0 Å². The Morgan fingerprint density at radius 1 is 1.44 bits per heavy atom. The van der Waals surface area contributed by atoms with E-state index >= 15 is 0 Å². The monoisotopic (exact) mass is 392 g/mol. The van der Waals surface area contributed by atoms with E-state index in [1.165, 1.54) is 11.3 Å². The predicted octanol–water partition coefficient (Wildman–Crippen LogP) is 4.27. The van der Waals surface area contributed by atoms with Crippen molar-refractivity contribution in [1.29, 1.82) is 0 Å². The van der Waals surface area contributed by atoms with Crippen molar-refractivity contribution in [3.05, 3.63) is 42.4 Å². The smallest absolute Gasteiger partial charge is 0.267 e. The van der Waals surface area contributed by atoms with Gasteiger partial charge >= 0.3 is 0 Å². The van der Waals surface area contributed by atoms with E-state index in [1.54, 1.807) is 6.07 Å². The summed E-state index contributed by atoms with van der Waals surface area (Å²) in [6.07, 6.45) is 0. The molecule has 1 heterocycles. The maximum Gasteiger partial charge on any atom is 0.267 e. The molecule has 0 saturated heterocycles. The first-order valence-electron chi connectivity index (χ1n) is 5.18. The van der Waals surface area contributed by atoms with E-state index in [1.807, 2.05) is 26.0 Å². The Morgan fingerprint density at radius 3 is 2.72 bits per heavy atom. The second kappa shape index (κ2) is 5.54. The van der Waals surface area contributed by atoms with Gasteiger partial charge < -0.3 is 5.32 Å². The molecule has 0 aliphatic heterocycles. The molecule has 2 rings (SSSR count). The highest BCUT2D eigenvalue weighted by Crippen LogP contribution is 2.25. The van der Waals surface area contributed by atoms with E-state index in [0.29, 0.717) is 15.6 Å². The molecule has 1 aromatic carbocycles. The van der Waals surface area contributed by atoms with E-state index in [9.17, 15) is 4.79 Å². The van der Waals surface area contributed by atoms with Crippen LogP contribution in [0.5, 0.6) is 0 Å². The van der Waals surface area contributed by atoms with Crippen LogP contribution in [0.4, 0.5) is 5.69 Å². The minimum atomic E-state index is -0.166. The fraction of sp³-hybridized carbons (Fsp3) is 0.167. The predicted molar refractivity (Wildman–Crippen MR) is 83.7 cm³/mol. The van der Waals surface area contributed by atoms with Crippen LogP contribution in [0.2, 0.25) is 5.02 Å². The summed E-state index contributed by atoms with van der Waals surface area (Å²) in [4.78, 5) is 16.9. The van der Waals surface area contributed by atoms with Gasteiger partial charge in [-0.3, -0.25) is 4.79 Å². The summed E-state index contributed by atoms with van der Waals surface area (Å²) in [6.45, 7) is 3.71. The van der Waals surface area contributed by atoms with Crippen LogP contribution in [-0.4, -0.2) is 10.9 Å². The van der Waals surface area contributed by atoms with Gasteiger partial charge in [0, 0.05) is 3.57 Å². The second-order valence-electron chi connectivity index (χ2n) is 3.73. The zero-order valence-electron chi connectivity index (χ0n) is 9.75. The van der Waals surface area contributed by atoms with E-state index in [4.69, 9.17) is 11.6 Å². The lowest BCUT2D eigenvalue weighted by atomic mass is 10.3. The lowest BCUT2D eigenvalue weighted by molar-refractivity contribution is 0.103. The Labute approximate surface area is 128 Å². The number of carbonyl (C=O) groups is 1. The van der Waals surface area contributed by atoms with Gasteiger partial charge in [-0.15, -0.1) is 11.3 Å². The summed E-state index contributed by atoms with van der Waals surface area (Å²) in [7, 11) is 0. The van der Waals surface area contributed by atoms with Gasteiger partial charge in [0.25, 0.3) is 5.91 Å². The zero-order valence-corrected chi connectivity index (χ0v) is 13.5. The quantitative estimate of drug-likeness (QED) is 0.776. The van der Waals surface area contributed by atoms with Gasteiger partial charge in [0.2, 0.25) is 0 Å². The number of rotatable bonds is 2. The van der Waals surface area contributed by atoms with Crippen LogP contribution in [0.25, 0.3) is 0 Å².